The molecule has 1 atom stereocenters. The summed E-state index contributed by atoms with van der Waals surface area (Å²) in [6.45, 7) is 2.16. The van der Waals surface area contributed by atoms with Crippen molar-refractivity contribution in [2.75, 3.05) is 0 Å². The Hall–Kier alpha value is -1.45. The summed E-state index contributed by atoms with van der Waals surface area (Å²) in [5, 5.41) is 17.5. The van der Waals surface area contributed by atoms with E-state index in [0.29, 0.717) is 19.3 Å². The predicted molar refractivity (Wildman–Crippen MR) is 71.8 cm³/mol. The summed E-state index contributed by atoms with van der Waals surface area (Å²) < 4.78 is 0. The molecule has 0 spiro atoms. The van der Waals surface area contributed by atoms with Crippen molar-refractivity contribution in [2.45, 2.75) is 64.4 Å². The summed E-state index contributed by atoms with van der Waals surface area (Å²) in [6, 6.07) is 0. The van der Waals surface area contributed by atoms with Gasteiger partial charge in [-0.15, -0.1) is 0 Å². The van der Waals surface area contributed by atoms with Crippen LogP contribution in [-0.4, -0.2) is 22.3 Å². The minimum atomic E-state index is -1.24. The zero-order valence-corrected chi connectivity index (χ0v) is 11.0. The number of carbonyl (C=O) groups is 1. The van der Waals surface area contributed by atoms with Gasteiger partial charge >= 0.3 is 5.97 Å². The fourth-order valence-electron chi connectivity index (χ4n) is 1.35. The molecule has 100 valence electrons. The van der Waals surface area contributed by atoms with E-state index in [2.05, 4.69) is 30.6 Å². The van der Waals surface area contributed by atoms with Crippen LogP contribution in [0.4, 0.5) is 0 Å². The molecule has 0 aliphatic rings. The van der Waals surface area contributed by atoms with Crippen molar-refractivity contribution in [2.24, 2.45) is 0 Å². The minimum Gasteiger partial charge on any atom is -0.479 e. The van der Waals surface area contributed by atoms with Crippen molar-refractivity contribution in [3.8, 4) is 23.7 Å². The molecule has 0 aliphatic heterocycles. The molecule has 0 aromatic heterocycles. The van der Waals surface area contributed by atoms with Crippen LogP contribution in [0.2, 0.25) is 0 Å². The first kappa shape index (κ1) is 16.6. The summed E-state index contributed by atoms with van der Waals surface area (Å²) in [6.07, 6.45) is 5.70. The van der Waals surface area contributed by atoms with Crippen molar-refractivity contribution in [3.63, 3.8) is 0 Å². The molecule has 1 unspecified atom stereocenters. The van der Waals surface area contributed by atoms with E-state index in [0.717, 1.165) is 19.3 Å². The summed E-state index contributed by atoms with van der Waals surface area (Å²) in [5.41, 5.74) is 0. The minimum absolute atomic E-state index is 0.291. The molecule has 0 rings (SSSR count). The SMILES string of the molecule is CCCCCC#CC#CCCCCC(O)C(=O)O. The predicted octanol–water partition coefficient (Wildman–Crippen LogP) is 2.58. The summed E-state index contributed by atoms with van der Waals surface area (Å²) >= 11 is 0. The number of aliphatic hydroxyl groups is 1. The molecule has 0 saturated carbocycles. The van der Waals surface area contributed by atoms with Gasteiger partial charge in [0, 0.05) is 12.8 Å². The van der Waals surface area contributed by atoms with Gasteiger partial charge < -0.3 is 10.2 Å². The molecule has 0 aliphatic carbocycles. The summed E-state index contributed by atoms with van der Waals surface area (Å²) in [7, 11) is 0. The first-order chi connectivity index (χ1) is 8.68. The Bertz CT molecular complexity index is 338. The summed E-state index contributed by atoms with van der Waals surface area (Å²) in [4.78, 5) is 10.3. The third-order valence-corrected chi connectivity index (χ3v) is 2.46. The van der Waals surface area contributed by atoms with Crippen molar-refractivity contribution in [1.82, 2.24) is 0 Å². The lowest BCUT2D eigenvalue weighted by Gasteiger charge is -2.02. The molecule has 0 aromatic carbocycles. The number of hydrogen-bond donors (Lipinski definition) is 2. The number of unbranched alkanes of at least 4 members (excludes halogenated alkanes) is 5. The molecule has 0 radical (unpaired) electrons. The molecule has 3 nitrogen and oxygen atoms in total. The molecule has 3 heteroatoms. The monoisotopic (exact) mass is 250 g/mol. The number of rotatable bonds is 8. The Kier molecular flexibility index (Phi) is 11.1. The van der Waals surface area contributed by atoms with E-state index in [-0.39, 0.29) is 0 Å². The van der Waals surface area contributed by atoms with Crippen molar-refractivity contribution in [1.29, 1.82) is 0 Å². The van der Waals surface area contributed by atoms with Crippen LogP contribution in [0.3, 0.4) is 0 Å². The normalized spacial score (nSPS) is 10.8. The molecule has 0 fully saturated rings. The van der Waals surface area contributed by atoms with Crippen LogP contribution in [0.25, 0.3) is 0 Å². The van der Waals surface area contributed by atoms with E-state index in [1.807, 2.05) is 0 Å². The highest BCUT2D eigenvalue weighted by Gasteiger charge is 2.11. The van der Waals surface area contributed by atoms with Crippen LogP contribution >= 0.6 is 0 Å². The Morgan fingerprint density at radius 2 is 1.61 bits per heavy atom. The van der Waals surface area contributed by atoms with E-state index in [1.165, 1.54) is 12.8 Å². The first-order valence-corrected chi connectivity index (χ1v) is 6.55. The molecule has 0 bridgehead atoms. The average molecular weight is 250 g/mol. The fourth-order valence-corrected chi connectivity index (χ4v) is 1.35. The van der Waals surface area contributed by atoms with Gasteiger partial charge in [0.05, 0.1) is 0 Å². The van der Waals surface area contributed by atoms with Gasteiger partial charge in [-0.05, 0) is 37.5 Å². The molecular weight excluding hydrogens is 228 g/mol. The lowest BCUT2D eigenvalue weighted by atomic mass is 10.1. The number of aliphatic hydroxyl groups excluding tert-OH is 1. The second-order valence-corrected chi connectivity index (χ2v) is 4.16. The van der Waals surface area contributed by atoms with E-state index in [4.69, 9.17) is 10.2 Å². The highest BCUT2D eigenvalue weighted by molar-refractivity contribution is 5.71. The van der Waals surface area contributed by atoms with Crippen molar-refractivity contribution < 1.29 is 15.0 Å². The topological polar surface area (TPSA) is 57.5 Å². The molecular formula is C15H22O3. The fraction of sp³-hybridized carbons (Fsp3) is 0.667. The smallest absolute Gasteiger partial charge is 0.332 e. The van der Waals surface area contributed by atoms with Gasteiger partial charge in [0.2, 0.25) is 0 Å². The third-order valence-electron chi connectivity index (χ3n) is 2.46. The maximum Gasteiger partial charge on any atom is 0.332 e. The molecule has 0 aromatic rings. The lowest BCUT2D eigenvalue weighted by molar-refractivity contribution is -0.146. The van der Waals surface area contributed by atoms with Gasteiger partial charge in [-0.2, -0.15) is 0 Å². The molecule has 0 amide bonds. The highest BCUT2D eigenvalue weighted by Crippen LogP contribution is 2.03. The van der Waals surface area contributed by atoms with Gasteiger partial charge in [0.1, 0.15) is 0 Å². The maximum atomic E-state index is 10.3. The van der Waals surface area contributed by atoms with E-state index < -0.39 is 12.1 Å². The van der Waals surface area contributed by atoms with Crippen LogP contribution in [0.5, 0.6) is 0 Å². The molecule has 0 heterocycles. The maximum absolute atomic E-state index is 10.3. The van der Waals surface area contributed by atoms with Gasteiger partial charge in [0.15, 0.2) is 6.10 Å². The third kappa shape index (κ3) is 11.0. The van der Waals surface area contributed by atoms with Gasteiger partial charge in [-0.25, -0.2) is 4.79 Å². The number of aliphatic carboxylic acids is 1. The van der Waals surface area contributed by atoms with Crippen LogP contribution < -0.4 is 0 Å². The van der Waals surface area contributed by atoms with E-state index in [9.17, 15) is 4.79 Å². The number of carboxylic acids is 1. The second kappa shape index (κ2) is 12.0. The van der Waals surface area contributed by atoms with Crippen LogP contribution in [-0.2, 0) is 4.79 Å². The van der Waals surface area contributed by atoms with Gasteiger partial charge in [-0.3, -0.25) is 0 Å². The average Bonchev–Trinajstić information content (AvgIpc) is 2.35. The highest BCUT2D eigenvalue weighted by atomic mass is 16.4. The quantitative estimate of drug-likeness (QED) is 0.514. The first-order valence-electron chi connectivity index (χ1n) is 6.55. The zero-order valence-electron chi connectivity index (χ0n) is 11.0. The molecule has 0 saturated heterocycles. The Balaban J connectivity index is 3.46. The second-order valence-electron chi connectivity index (χ2n) is 4.16. The lowest BCUT2D eigenvalue weighted by Crippen LogP contribution is -2.18. The largest absolute Gasteiger partial charge is 0.479 e. The van der Waals surface area contributed by atoms with Crippen LogP contribution in [0.15, 0.2) is 0 Å². The van der Waals surface area contributed by atoms with E-state index in [1.54, 1.807) is 0 Å². The summed E-state index contributed by atoms with van der Waals surface area (Å²) in [5.74, 6) is 10.4. The number of hydrogen-bond acceptors (Lipinski definition) is 2. The van der Waals surface area contributed by atoms with Gasteiger partial charge in [-0.1, -0.05) is 31.6 Å². The Morgan fingerprint density at radius 3 is 2.11 bits per heavy atom. The van der Waals surface area contributed by atoms with Gasteiger partial charge in [0.25, 0.3) is 0 Å². The molecule has 18 heavy (non-hydrogen) atoms. The Labute approximate surface area is 110 Å². The zero-order chi connectivity index (χ0) is 13.6. The van der Waals surface area contributed by atoms with Crippen LogP contribution in [0.1, 0.15) is 58.3 Å². The van der Waals surface area contributed by atoms with Crippen molar-refractivity contribution in [3.05, 3.63) is 0 Å². The molecule has 2 N–H and O–H groups in total. The Morgan fingerprint density at radius 1 is 1.06 bits per heavy atom. The standard InChI is InChI=1S/C15H22O3/c1-2-3-4-5-6-7-8-9-10-11-12-13-14(16)15(17)18/h14,16H,2-5,10-13H2,1H3,(H,17,18). The van der Waals surface area contributed by atoms with Crippen molar-refractivity contribution >= 4 is 5.97 Å². The van der Waals surface area contributed by atoms with Crippen LogP contribution in [0, 0.1) is 23.7 Å². The van der Waals surface area contributed by atoms with E-state index >= 15 is 0 Å². The number of carboxylic acid groups (broad SMARTS) is 1.